The molecular weight excluding hydrogens is 298 g/mol. The van der Waals surface area contributed by atoms with Crippen molar-refractivity contribution >= 4 is 29.7 Å². The highest BCUT2D eigenvalue weighted by Gasteiger charge is 2.09. The fourth-order valence-corrected chi connectivity index (χ4v) is 2.35. The first kappa shape index (κ1) is 16.6. The van der Waals surface area contributed by atoms with E-state index in [-0.39, 0.29) is 18.3 Å². The monoisotopic (exact) mass is 315 g/mol. The molecule has 0 aliphatic carbocycles. The number of hydrogen-bond donors (Lipinski definition) is 2. The van der Waals surface area contributed by atoms with Crippen molar-refractivity contribution in [3.05, 3.63) is 34.0 Å². The summed E-state index contributed by atoms with van der Waals surface area (Å²) in [5.74, 6) is -0.137. The Labute approximate surface area is 127 Å². The summed E-state index contributed by atoms with van der Waals surface area (Å²) < 4.78 is 1.78. The van der Waals surface area contributed by atoms with Gasteiger partial charge >= 0.3 is 0 Å². The molecule has 0 saturated carbocycles. The minimum Gasteiger partial charge on any atom is -0.351 e. The minimum atomic E-state index is -0.137. The Morgan fingerprint density at radius 2 is 2.35 bits per heavy atom. The molecule has 8 heteroatoms. The highest BCUT2D eigenvalue weighted by Crippen LogP contribution is 2.08. The van der Waals surface area contributed by atoms with Gasteiger partial charge in [-0.25, -0.2) is 4.98 Å². The lowest BCUT2D eigenvalue weighted by Crippen LogP contribution is -2.25. The number of carbonyl (C=O) groups excluding carboxylic acids is 1. The predicted molar refractivity (Wildman–Crippen MR) is 81.1 cm³/mol. The van der Waals surface area contributed by atoms with Crippen molar-refractivity contribution in [1.82, 2.24) is 20.1 Å². The lowest BCUT2D eigenvalue weighted by molar-refractivity contribution is 0.0949. The Hall–Kier alpha value is -1.44. The van der Waals surface area contributed by atoms with Gasteiger partial charge in [0.2, 0.25) is 0 Å². The largest absolute Gasteiger partial charge is 0.351 e. The van der Waals surface area contributed by atoms with Crippen LogP contribution in [0.25, 0.3) is 0 Å². The van der Waals surface area contributed by atoms with E-state index in [1.165, 1.54) is 16.9 Å². The van der Waals surface area contributed by atoms with Gasteiger partial charge in [0.25, 0.3) is 5.91 Å². The zero-order chi connectivity index (χ0) is 13.7. The van der Waals surface area contributed by atoms with Gasteiger partial charge in [-0.2, -0.15) is 5.10 Å². The number of nitrogens with two attached hydrogens (primary N) is 1. The van der Waals surface area contributed by atoms with E-state index < -0.39 is 0 Å². The smallest absolute Gasteiger partial charge is 0.270 e. The Bertz CT molecular complexity index is 554. The van der Waals surface area contributed by atoms with E-state index >= 15 is 0 Å². The maximum atomic E-state index is 11.8. The van der Waals surface area contributed by atoms with Gasteiger partial charge in [0.15, 0.2) is 0 Å². The van der Waals surface area contributed by atoms with E-state index in [2.05, 4.69) is 15.4 Å². The van der Waals surface area contributed by atoms with Crippen LogP contribution >= 0.6 is 23.7 Å². The van der Waals surface area contributed by atoms with E-state index in [9.17, 15) is 4.79 Å². The zero-order valence-electron chi connectivity index (χ0n) is 11.2. The average Bonchev–Trinajstić information content (AvgIpc) is 3.03. The summed E-state index contributed by atoms with van der Waals surface area (Å²) in [5.41, 5.74) is 7.09. The second kappa shape index (κ2) is 7.98. The fourth-order valence-electron chi connectivity index (χ4n) is 1.69. The topological polar surface area (TPSA) is 85.8 Å². The Morgan fingerprint density at radius 1 is 1.55 bits per heavy atom. The molecule has 1 amide bonds. The normalized spacial score (nSPS) is 10.1. The van der Waals surface area contributed by atoms with Crippen LogP contribution in [-0.4, -0.2) is 27.2 Å². The predicted octanol–water partition coefficient (Wildman–Crippen LogP) is 1.12. The van der Waals surface area contributed by atoms with Crippen LogP contribution in [0, 0.1) is 0 Å². The van der Waals surface area contributed by atoms with Gasteiger partial charge in [-0.3, -0.25) is 9.48 Å². The molecule has 2 aromatic heterocycles. The first-order valence-electron chi connectivity index (χ1n) is 6.09. The van der Waals surface area contributed by atoms with E-state index in [1.807, 2.05) is 19.4 Å². The molecule has 0 radical (unpaired) electrons. The van der Waals surface area contributed by atoms with E-state index in [0.29, 0.717) is 18.8 Å². The number of hydrogen-bond acceptors (Lipinski definition) is 5. The Morgan fingerprint density at radius 3 is 2.95 bits per heavy atom. The molecule has 0 aliphatic rings. The Balaban J connectivity index is 0.00000200. The molecule has 0 fully saturated rings. The van der Waals surface area contributed by atoms with Crippen LogP contribution in [0.15, 0.2) is 17.8 Å². The van der Waals surface area contributed by atoms with Crippen LogP contribution in [0.2, 0.25) is 0 Å². The number of nitrogens with one attached hydrogen (secondary N) is 1. The third kappa shape index (κ3) is 4.59. The minimum absolute atomic E-state index is 0. The third-order valence-corrected chi connectivity index (χ3v) is 3.52. The van der Waals surface area contributed by atoms with Gasteiger partial charge in [-0.1, -0.05) is 0 Å². The van der Waals surface area contributed by atoms with Gasteiger partial charge < -0.3 is 11.1 Å². The number of rotatable bonds is 6. The summed E-state index contributed by atoms with van der Waals surface area (Å²) in [4.78, 5) is 15.9. The molecule has 3 N–H and O–H groups in total. The third-order valence-electron chi connectivity index (χ3n) is 2.65. The van der Waals surface area contributed by atoms with Crippen LogP contribution in [0.1, 0.15) is 27.5 Å². The quantitative estimate of drug-likeness (QED) is 0.782. The van der Waals surface area contributed by atoms with Gasteiger partial charge in [0.05, 0.1) is 6.20 Å². The van der Waals surface area contributed by atoms with Crippen LogP contribution in [0.5, 0.6) is 0 Å². The fraction of sp³-hybridized carbons (Fsp3) is 0.417. The summed E-state index contributed by atoms with van der Waals surface area (Å²) >= 11 is 1.41. The molecule has 6 nitrogen and oxygen atoms in total. The molecule has 0 spiro atoms. The van der Waals surface area contributed by atoms with Crippen molar-refractivity contribution < 1.29 is 4.79 Å². The molecular formula is C12H18ClN5OS. The molecule has 2 rings (SSSR count). The number of aromatic nitrogens is 3. The Kier molecular flexibility index (Phi) is 6.63. The van der Waals surface area contributed by atoms with Crippen molar-refractivity contribution in [2.75, 3.05) is 6.54 Å². The van der Waals surface area contributed by atoms with E-state index in [0.717, 1.165) is 17.8 Å². The van der Waals surface area contributed by atoms with Crippen molar-refractivity contribution in [2.45, 2.75) is 19.4 Å². The molecule has 20 heavy (non-hydrogen) atoms. The van der Waals surface area contributed by atoms with Crippen molar-refractivity contribution in [1.29, 1.82) is 0 Å². The number of carbonyl (C=O) groups is 1. The number of halogens is 1. The summed E-state index contributed by atoms with van der Waals surface area (Å²) in [6, 6.07) is 0. The summed E-state index contributed by atoms with van der Waals surface area (Å²) in [6.07, 6.45) is 5.61. The second-order valence-electron chi connectivity index (χ2n) is 4.21. The molecule has 0 bridgehead atoms. The molecule has 2 aromatic rings. The lowest BCUT2D eigenvalue weighted by atomic mass is 10.2. The molecule has 0 aliphatic heterocycles. The maximum Gasteiger partial charge on any atom is 0.270 e. The second-order valence-corrected chi connectivity index (χ2v) is 5.15. The van der Waals surface area contributed by atoms with Crippen LogP contribution in [0.4, 0.5) is 0 Å². The molecule has 0 saturated heterocycles. The number of nitrogens with zero attached hydrogens (tertiary/aromatic N) is 3. The summed E-state index contributed by atoms with van der Waals surface area (Å²) in [6.45, 7) is 1.00. The molecule has 0 unspecified atom stereocenters. The standard InChI is InChI=1S/C12H17N5OS.ClH/c1-17-7-9(6-15-17)3-2-4-14-12(18)10-8-19-11(5-13)16-10;/h6-8H,2-5,13H2,1H3,(H,14,18);1H. The van der Waals surface area contributed by atoms with Crippen LogP contribution in [0.3, 0.4) is 0 Å². The zero-order valence-corrected chi connectivity index (χ0v) is 12.8. The molecule has 2 heterocycles. The number of thiazole rings is 1. The van der Waals surface area contributed by atoms with Crippen molar-refractivity contribution in [2.24, 2.45) is 12.8 Å². The van der Waals surface area contributed by atoms with Gasteiger partial charge in [-0.15, -0.1) is 23.7 Å². The highest BCUT2D eigenvalue weighted by molar-refractivity contribution is 7.09. The first-order chi connectivity index (χ1) is 9.19. The van der Waals surface area contributed by atoms with Crippen LogP contribution in [-0.2, 0) is 20.0 Å². The molecule has 0 atom stereocenters. The van der Waals surface area contributed by atoms with E-state index in [4.69, 9.17) is 5.73 Å². The van der Waals surface area contributed by atoms with Gasteiger partial charge in [-0.05, 0) is 18.4 Å². The number of aryl methyl sites for hydroxylation is 2. The maximum absolute atomic E-state index is 11.8. The van der Waals surface area contributed by atoms with Crippen molar-refractivity contribution in [3.8, 4) is 0 Å². The average molecular weight is 316 g/mol. The lowest BCUT2D eigenvalue weighted by Gasteiger charge is -2.02. The summed E-state index contributed by atoms with van der Waals surface area (Å²) in [7, 11) is 1.89. The molecule has 110 valence electrons. The molecule has 0 aromatic carbocycles. The van der Waals surface area contributed by atoms with Crippen LogP contribution < -0.4 is 11.1 Å². The highest BCUT2D eigenvalue weighted by atomic mass is 35.5. The number of amides is 1. The summed E-state index contributed by atoms with van der Waals surface area (Å²) in [5, 5.41) is 9.46. The SMILES string of the molecule is Cl.Cn1cc(CCCNC(=O)c2csc(CN)n2)cn1. The van der Waals surface area contributed by atoms with Gasteiger partial charge in [0, 0.05) is 31.7 Å². The van der Waals surface area contributed by atoms with Crippen molar-refractivity contribution in [3.63, 3.8) is 0 Å². The van der Waals surface area contributed by atoms with E-state index in [1.54, 1.807) is 10.1 Å². The van der Waals surface area contributed by atoms with Gasteiger partial charge in [0.1, 0.15) is 10.7 Å². The first-order valence-corrected chi connectivity index (χ1v) is 6.97.